The molecule has 1 saturated carbocycles. The SMILES string of the molecule is COCCN(C)C1=NO[C@@]2(CCC[C@H](C)[C@@H](C)S(=O)(=O)NC(=O)c3ccc4c(c3)N(C[C@@H]3CC[C@H]32)C[C@@]2(CCCc3cc(Cl)ccc32)CO4)C1. The van der Waals surface area contributed by atoms with E-state index in [1.807, 2.05) is 32.2 Å². The summed E-state index contributed by atoms with van der Waals surface area (Å²) in [6.45, 7) is 6.96. The number of aryl methyl sites for hydroxylation is 1. The van der Waals surface area contributed by atoms with E-state index in [0.717, 1.165) is 74.6 Å². The van der Waals surface area contributed by atoms with E-state index in [-0.39, 0.29) is 17.3 Å². The molecule has 0 radical (unpaired) electrons. The maximum atomic E-state index is 13.6. The quantitative estimate of drug-likeness (QED) is 0.401. The lowest BCUT2D eigenvalue weighted by atomic mass is 9.62. The summed E-state index contributed by atoms with van der Waals surface area (Å²) in [4.78, 5) is 24.7. The van der Waals surface area contributed by atoms with Crippen molar-refractivity contribution in [2.24, 2.45) is 22.9 Å². The van der Waals surface area contributed by atoms with Crippen molar-refractivity contribution in [1.29, 1.82) is 0 Å². The molecule has 10 nitrogen and oxygen atoms in total. The van der Waals surface area contributed by atoms with E-state index in [0.29, 0.717) is 49.8 Å². The Labute approximate surface area is 301 Å². The van der Waals surface area contributed by atoms with Crippen molar-refractivity contribution in [3.05, 3.63) is 58.1 Å². The molecule has 2 aromatic carbocycles. The summed E-state index contributed by atoms with van der Waals surface area (Å²) in [7, 11) is -0.185. The predicted molar refractivity (Wildman–Crippen MR) is 196 cm³/mol. The number of amides is 1. The molecule has 2 spiro atoms. The number of halogens is 1. The van der Waals surface area contributed by atoms with E-state index < -0.39 is 26.8 Å². The second-order valence-electron chi connectivity index (χ2n) is 15.5. The minimum atomic E-state index is -3.93. The van der Waals surface area contributed by atoms with Gasteiger partial charge in [0.25, 0.3) is 5.91 Å². The van der Waals surface area contributed by atoms with Crippen LogP contribution in [0.3, 0.4) is 0 Å². The van der Waals surface area contributed by atoms with Crippen molar-refractivity contribution in [2.45, 2.75) is 87.9 Å². The van der Waals surface area contributed by atoms with Gasteiger partial charge < -0.3 is 24.1 Å². The van der Waals surface area contributed by atoms with Crippen LogP contribution in [0.15, 0.2) is 41.6 Å². The molecule has 272 valence electrons. The van der Waals surface area contributed by atoms with E-state index in [1.165, 1.54) is 11.1 Å². The van der Waals surface area contributed by atoms with Crippen molar-refractivity contribution < 1.29 is 27.5 Å². The number of fused-ring (bicyclic) bond motifs is 5. The highest BCUT2D eigenvalue weighted by atomic mass is 35.5. The van der Waals surface area contributed by atoms with Gasteiger partial charge >= 0.3 is 0 Å². The summed E-state index contributed by atoms with van der Waals surface area (Å²) in [5.74, 6) is 1.48. The van der Waals surface area contributed by atoms with Crippen molar-refractivity contribution in [2.75, 3.05) is 51.9 Å². The number of methoxy groups -OCH3 is 1. The molecule has 1 amide bonds. The average molecular weight is 727 g/mol. The monoisotopic (exact) mass is 726 g/mol. The number of amidine groups is 1. The molecular formula is C38H51ClN4O6S. The lowest BCUT2D eigenvalue weighted by Crippen LogP contribution is -2.53. The zero-order chi connectivity index (χ0) is 35.3. The number of sulfonamides is 1. The highest BCUT2D eigenvalue weighted by Gasteiger charge is 2.54. The standard InChI is InChI=1S/C38H51ClN4O6S/c1-25-7-5-16-38(21-35(40-49-38)42(3)17-18-47-4)32-12-9-29(32)22-43-23-37(15-6-8-27-19-30(39)11-13-31(27)37)24-48-34-14-10-28(20-33(34)43)36(44)41-50(45,46)26(25)2/h10-11,13-14,19-20,25-26,29,32H,5-9,12,15-18,21-24H2,1-4H3,(H,41,44)/t25-,26+,29-,32+,37-,38-/m0/s1. The summed E-state index contributed by atoms with van der Waals surface area (Å²) < 4.78 is 41.5. The molecular weight excluding hydrogens is 676 g/mol. The van der Waals surface area contributed by atoms with Crippen LogP contribution < -0.4 is 14.4 Å². The van der Waals surface area contributed by atoms with Gasteiger partial charge in [0.1, 0.15) is 17.2 Å². The molecule has 6 atom stereocenters. The molecule has 2 aliphatic carbocycles. The Morgan fingerprint density at radius 1 is 1.12 bits per heavy atom. The van der Waals surface area contributed by atoms with E-state index >= 15 is 0 Å². The normalized spacial score (nSPS) is 32.1. The van der Waals surface area contributed by atoms with Gasteiger partial charge in [0, 0.05) is 55.7 Å². The Balaban J connectivity index is 1.28. The van der Waals surface area contributed by atoms with Crippen LogP contribution in [0.1, 0.15) is 86.7 Å². The molecule has 50 heavy (non-hydrogen) atoms. The smallest absolute Gasteiger partial charge is 0.264 e. The van der Waals surface area contributed by atoms with Gasteiger partial charge in [0.15, 0.2) is 0 Å². The van der Waals surface area contributed by atoms with Gasteiger partial charge in [-0.3, -0.25) is 4.79 Å². The third-order valence-corrected chi connectivity index (χ3v) is 14.6. The molecule has 5 aliphatic rings. The summed E-state index contributed by atoms with van der Waals surface area (Å²) in [6, 6.07) is 11.6. The fraction of sp³-hybridized carbons (Fsp3) is 0.632. The van der Waals surface area contributed by atoms with Gasteiger partial charge in [0.05, 0.1) is 30.6 Å². The molecule has 3 heterocycles. The number of ether oxygens (including phenoxy) is 2. The first-order valence-corrected chi connectivity index (χ1v) is 20.2. The Hall–Kier alpha value is -3.02. The minimum absolute atomic E-state index is 0.158. The lowest BCUT2D eigenvalue weighted by molar-refractivity contribution is -0.118. The summed E-state index contributed by atoms with van der Waals surface area (Å²) >= 11 is 6.48. The summed E-state index contributed by atoms with van der Waals surface area (Å²) in [5, 5.41) is 4.67. The number of nitrogens with one attached hydrogen (secondary N) is 1. The van der Waals surface area contributed by atoms with Gasteiger partial charge in [-0.05, 0) is 112 Å². The van der Waals surface area contributed by atoms with E-state index in [9.17, 15) is 13.2 Å². The van der Waals surface area contributed by atoms with E-state index in [4.69, 9.17) is 25.9 Å². The number of benzene rings is 2. The molecule has 0 saturated heterocycles. The fourth-order valence-electron chi connectivity index (χ4n) is 9.12. The number of carbonyl (C=O) groups excluding carboxylic acids is 1. The van der Waals surface area contributed by atoms with Crippen LogP contribution >= 0.6 is 11.6 Å². The van der Waals surface area contributed by atoms with Crippen LogP contribution in [-0.4, -0.2) is 82.9 Å². The Kier molecular flexibility index (Phi) is 9.80. The number of rotatable bonds is 3. The first-order chi connectivity index (χ1) is 23.9. The third-order valence-electron chi connectivity index (χ3n) is 12.5. The van der Waals surface area contributed by atoms with E-state index in [2.05, 4.69) is 31.8 Å². The zero-order valence-electron chi connectivity index (χ0n) is 29.8. The number of likely N-dealkylation sites (N-methyl/N-ethyl adjacent to an activating group) is 1. The molecule has 0 unspecified atom stereocenters. The van der Waals surface area contributed by atoms with Gasteiger partial charge in [-0.1, -0.05) is 29.7 Å². The van der Waals surface area contributed by atoms with Crippen molar-refractivity contribution in [3.8, 4) is 5.75 Å². The molecule has 1 fully saturated rings. The highest BCUT2D eigenvalue weighted by Crippen LogP contribution is 2.52. The first kappa shape index (κ1) is 35.4. The highest BCUT2D eigenvalue weighted by molar-refractivity contribution is 7.90. The maximum Gasteiger partial charge on any atom is 0.264 e. The molecule has 3 aliphatic heterocycles. The Bertz CT molecular complexity index is 1750. The van der Waals surface area contributed by atoms with Gasteiger partial charge in [-0.2, -0.15) is 0 Å². The van der Waals surface area contributed by atoms with Crippen molar-refractivity contribution in [3.63, 3.8) is 0 Å². The molecule has 1 N–H and O–H groups in total. The minimum Gasteiger partial charge on any atom is -0.490 e. The topological polar surface area (TPSA) is 110 Å². The van der Waals surface area contributed by atoms with Crippen molar-refractivity contribution in [1.82, 2.24) is 9.62 Å². The summed E-state index contributed by atoms with van der Waals surface area (Å²) in [5.41, 5.74) is 2.94. The van der Waals surface area contributed by atoms with Gasteiger partial charge in [-0.25, -0.2) is 13.1 Å². The van der Waals surface area contributed by atoms with Crippen molar-refractivity contribution >= 4 is 39.1 Å². The van der Waals surface area contributed by atoms with Gasteiger partial charge in [-0.15, -0.1) is 0 Å². The largest absolute Gasteiger partial charge is 0.490 e. The van der Waals surface area contributed by atoms with Crippen LogP contribution in [0.5, 0.6) is 5.75 Å². The number of hydrogen-bond acceptors (Lipinski definition) is 9. The second-order valence-corrected chi connectivity index (χ2v) is 18.0. The maximum absolute atomic E-state index is 13.6. The molecule has 2 aromatic rings. The zero-order valence-corrected chi connectivity index (χ0v) is 31.3. The second kappa shape index (κ2) is 13.8. The first-order valence-electron chi connectivity index (χ1n) is 18.3. The molecule has 0 aromatic heterocycles. The fourth-order valence-corrected chi connectivity index (χ4v) is 10.6. The number of anilines is 1. The number of oxime groups is 1. The van der Waals surface area contributed by atoms with Crippen LogP contribution in [0.4, 0.5) is 5.69 Å². The van der Waals surface area contributed by atoms with E-state index in [1.54, 1.807) is 20.1 Å². The number of nitrogens with zero attached hydrogens (tertiary/aromatic N) is 3. The number of hydrogen-bond donors (Lipinski definition) is 1. The molecule has 7 rings (SSSR count). The van der Waals surface area contributed by atoms with Crippen LogP contribution in [0.2, 0.25) is 5.02 Å². The Morgan fingerprint density at radius 2 is 1.96 bits per heavy atom. The summed E-state index contributed by atoms with van der Waals surface area (Å²) in [6.07, 6.45) is 8.09. The average Bonchev–Trinajstić information content (AvgIpc) is 3.43. The van der Waals surface area contributed by atoms with Gasteiger partial charge in [0.2, 0.25) is 10.0 Å². The molecule has 12 heteroatoms. The predicted octanol–water partition coefficient (Wildman–Crippen LogP) is 6.16. The van der Waals surface area contributed by atoms with Crippen LogP contribution in [-0.2, 0) is 31.4 Å². The molecule has 2 bridgehead atoms. The van der Waals surface area contributed by atoms with Crippen LogP contribution in [0.25, 0.3) is 0 Å². The lowest BCUT2D eigenvalue weighted by Gasteiger charge is -2.49. The third kappa shape index (κ3) is 6.58. The Morgan fingerprint density at radius 3 is 2.74 bits per heavy atom. The number of carbonyl (C=O) groups is 1. The van der Waals surface area contributed by atoms with Crippen LogP contribution in [0, 0.1) is 17.8 Å².